The van der Waals surface area contributed by atoms with E-state index in [9.17, 15) is 5.11 Å². The van der Waals surface area contributed by atoms with E-state index in [1.54, 1.807) is 19.2 Å². The molecule has 0 radical (unpaired) electrons. The van der Waals surface area contributed by atoms with Gasteiger partial charge in [-0.15, -0.1) is 0 Å². The van der Waals surface area contributed by atoms with Crippen molar-refractivity contribution in [3.8, 4) is 22.6 Å². The SMILES string of the molecule is COc1ccc(O)c([C@H](c2ccccc2-c2ccccc2)c2c[nH]c3ccccc23)c1. The largest absolute Gasteiger partial charge is 0.508 e. The van der Waals surface area contributed by atoms with E-state index in [0.29, 0.717) is 0 Å². The normalized spacial score (nSPS) is 12.0. The molecule has 0 amide bonds. The van der Waals surface area contributed by atoms with Gasteiger partial charge >= 0.3 is 0 Å². The highest BCUT2D eigenvalue weighted by molar-refractivity contribution is 5.86. The Morgan fingerprint density at radius 2 is 1.48 bits per heavy atom. The predicted molar refractivity (Wildman–Crippen MR) is 126 cm³/mol. The number of H-pyrrole nitrogens is 1. The highest BCUT2D eigenvalue weighted by Gasteiger charge is 2.26. The molecular weight excluding hydrogens is 382 g/mol. The van der Waals surface area contributed by atoms with Gasteiger partial charge in [0.05, 0.1) is 7.11 Å². The smallest absolute Gasteiger partial charge is 0.120 e. The number of aromatic hydroxyl groups is 1. The molecule has 0 aliphatic carbocycles. The Morgan fingerprint density at radius 1 is 0.742 bits per heavy atom. The van der Waals surface area contributed by atoms with E-state index in [0.717, 1.165) is 44.5 Å². The fourth-order valence-electron chi connectivity index (χ4n) is 4.36. The minimum absolute atomic E-state index is 0.178. The van der Waals surface area contributed by atoms with Gasteiger partial charge in [0.25, 0.3) is 0 Å². The van der Waals surface area contributed by atoms with Gasteiger partial charge in [0.15, 0.2) is 0 Å². The van der Waals surface area contributed by atoms with Crippen LogP contribution in [-0.2, 0) is 0 Å². The first kappa shape index (κ1) is 19.0. The van der Waals surface area contributed by atoms with Crippen LogP contribution >= 0.6 is 0 Å². The highest BCUT2D eigenvalue weighted by Crippen LogP contribution is 2.44. The van der Waals surface area contributed by atoms with E-state index < -0.39 is 0 Å². The van der Waals surface area contributed by atoms with Crippen LogP contribution in [0.4, 0.5) is 0 Å². The van der Waals surface area contributed by atoms with Crippen molar-refractivity contribution in [1.82, 2.24) is 4.98 Å². The molecule has 0 aliphatic heterocycles. The lowest BCUT2D eigenvalue weighted by molar-refractivity contribution is 0.410. The molecule has 31 heavy (non-hydrogen) atoms. The second-order valence-electron chi connectivity index (χ2n) is 7.60. The van der Waals surface area contributed by atoms with Gasteiger partial charge in [0.1, 0.15) is 11.5 Å². The number of phenols is 1. The molecule has 2 N–H and O–H groups in total. The predicted octanol–water partition coefficient (Wildman–Crippen LogP) is 6.73. The number of aromatic nitrogens is 1. The van der Waals surface area contributed by atoms with Gasteiger partial charge in [-0.05, 0) is 46.5 Å². The van der Waals surface area contributed by atoms with Gasteiger partial charge in [-0.25, -0.2) is 0 Å². The van der Waals surface area contributed by atoms with Crippen molar-refractivity contribution in [2.45, 2.75) is 5.92 Å². The number of hydrogen-bond acceptors (Lipinski definition) is 2. The maximum Gasteiger partial charge on any atom is 0.120 e. The third-order valence-electron chi connectivity index (χ3n) is 5.83. The van der Waals surface area contributed by atoms with Gasteiger partial charge in [0, 0.05) is 28.6 Å². The van der Waals surface area contributed by atoms with Crippen molar-refractivity contribution in [2.75, 3.05) is 7.11 Å². The number of rotatable bonds is 5. The first-order valence-corrected chi connectivity index (χ1v) is 10.3. The monoisotopic (exact) mass is 405 g/mol. The summed E-state index contributed by atoms with van der Waals surface area (Å²) in [6.45, 7) is 0. The minimum atomic E-state index is -0.178. The van der Waals surface area contributed by atoms with Crippen LogP contribution in [0.3, 0.4) is 0 Å². The molecule has 0 spiro atoms. The number of phenolic OH excluding ortho intramolecular Hbond substituents is 1. The summed E-state index contributed by atoms with van der Waals surface area (Å²) in [7, 11) is 1.65. The molecule has 5 rings (SSSR count). The Balaban J connectivity index is 1.81. The summed E-state index contributed by atoms with van der Waals surface area (Å²) in [5.41, 5.74) is 6.41. The van der Waals surface area contributed by atoms with Gasteiger partial charge in [-0.1, -0.05) is 72.8 Å². The minimum Gasteiger partial charge on any atom is -0.508 e. The molecule has 0 saturated carbocycles. The Bertz CT molecular complexity index is 1340. The molecule has 1 heterocycles. The Kier molecular flexibility index (Phi) is 4.93. The maximum atomic E-state index is 10.9. The average molecular weight is 405 g/mol. The summed E-state index contributed by atoms with van der Waals surface area (Å²) in [4.78, 5) is 3.40. The van der Waals surface area contributed by atoms with E-state index in [2.05, 4.69) is 71.8 Å². The summed E-state index contributed by atoms with van der Waals surface area (Å²) >= 11 is 0. The molecule has 0 bridgehead atoms. The van der Waals surface area contributed by atoms with E-state index in [1.165, 1.54) is 0 Å². The molecule has 4 aromatic carbocycles. The molecule has 0 fully saturated rings. The van der Waals surface area contributed by atoms with E-state index >= 15 is 0 Å². The number of fused-ring (bicyclic) bond motifs is 1. The van der Waals surface area contributed by atoms with Crippen LogP contribution in [0.2, 0.25) is 0 Å². The molecule has 0 unspecified atom stereocenters. The maximum absolute atomic E-state index is 10.9. The van der Waals surface area contributed by atoms with Gasteiger partial charge in [-0.3, -0.25) is 0 Å². The lowest BCUT2D eigenvalue weighted by Crippen LogP contribution is -2.06. The van der Waals surface area contributed by atoms with Crippen molar-refractivity contribution in [1.29, 1.82) is 0 Å². The van der Waals surface area contributed by atoms with Crippen LogP contribution in [0.25, 0.3) is 22.0 Å². The van der Waals surface area contributed by atoms with Crippen molar-refractivity contribution in [2.24, 2.45) is 0 Å². The molecule has 3 heteroatoms. The molecule has 3 nitrogen and oxygen atoms in total. The number of ether oxygens (including phenoxy) is 1. The number of benzene rings is 4. The first-order valence-electron chi connectivity index (χ1n) is 10.3. The third-order valence-corrected chi connectivity index (χ3v) is 5.83. The van der Waals surface area contributed by atoms with Crippen LogP contribution in [0.15, 0.2) is 103 Å². The number of methoxy groups -OCH3 is 1. The fourth-order valence-corrected chi connectivity index (χ4v) is 4.36. The van der Waals surface area contributed by atoms with Crippen molar-refractivity contribution in [3.05, 3.63) is 120 Å². The van der Waals surface area contributed by atoms with E-state index in [-0.39, 0.29) is 11.7 Å². The van der Waals surface area contributed by atoms with Crippen LogP contribution in [0, 0.1) is 0 Å². The summed E-state index contributed by atoms with van der Waals surface area (Å²) < 4.78 is 5.50. The molecule has 1 atom stereocenters. The Hall–Kier alpha value is -3.98. The quantitative estimate of drug-likeness (QED) is 0.340. The number of para-hydroxylation sites is 1. The lowest BCUT2D eigenvalue weighted by Gasteiger charge is -2.23. The Morgan fingerprint density at radius 3 is 2.32 bits per heavy atom. The van der Waals surface area contributed by atoms with Crippen LogP contribution in [-0.4, -0.2) is 17.2 Å². The van der Waals surface area contributed by atoms with E-state index in [1.807, 2.05) is 24.3 Å². The second-order valence-corrected chi connectivity index (χ2v) is 7.60. The number of hydrogen-bond donors (Lipinski definition) is 2. The van der Waals surface area contributed by atoms with Crippen molar-refractivity contribution < 1.29 is 9.84 Å². The number of nitrogens with one attached hydrogen (secondary N) is 1. The van der Waals surface area contributed by atoms with Gasteiger partial charge in [-0.2, -0.15) is 0 Å². The fraction of sp³-hybridized carbons (Fsp3) is 0.0714. The third kappa shape index (κ3) is 3.44. The summed E-state index contributed by atoms with van der Waals surface area (Å²) in [6.07, 6.45) is 2.05. The van der Waals surface area contributed by atoms with Crippen molar-refractivity contribution >= 4 is 10.9 Å². The van der Waals surface area contributed by atoms with Gasteiger partial charge < -0.3 is 14.8 Å². The van der Waals surface area contributed by atoms with Crippen LogP contribution in [0.1, 0.15) is 22.6 Å². The lowest BCUT2D eigenvalue weighted by atomic mass is 9.81. The summed E-state index contributed by atoms with van der Waals surface area (Å²) in [5, 5.41) is 12.1. The number of aromatic amines is 1. The zero-order chi connectivity index (χ0) is 21.2. The van der Waals surface area contributed by atoms with Gasteiger partial charge in [0.2, 0.25) is 0 Å². The average Bonchev–Trinajstić information content (AvgIpc) is 3.25. The first-order chi connectivity index (χ1) is 15.3. The molecule has 1 aromatic heterocycles. The van der Waals surface area contributed by atoms with Crippen molar-refractivity contribution in [3.63, 3.8) is 0 Å². The second kappa shape index (κ2) is 8.04. The zero-order valence-corrected chi connectivity index (χ0v) is 17.2. The van der Waals surface area contributed by atoms with Crippen LogP contribution < -0.4 is 4.74 Å². The molecule has 5 aromatic rings. The molecule has 0 saturated heterocycles. The van der Waals surface area contributed by atoms with Crippen LogP contribution in [0.5, 0.6) is 11.5 Å². The zero-order valence-electron chi connectivity index (χ0n) is 17.2. The topological polar surface area (TPSA) is 45.2 Å². The molecule has 152 valence electrons. The highest BCUT2D eigenvalue weighted by atomic mass is 16.5. The Labute approximate surface area is 181 Å². The summed E-state index contributed by atoms with van der Waals surface area (Å²) in [5.74, 6) is 0.788. The van der Waals surface area contributed by atoms with E-state index in [4.69, 9.17) is 4.74 Å². The molecular formula is C28H23NO2. The standard InChI is InChI=1S/C28H23NO2/c1-31-20-15-16-27(30)24(17-20)28(25-18-29-26-14-8-7-12-22(25)26)23-13-6-5-11-21(23)19-9-3-2-4-10-19/h2-18,28-30H,1H3/t28-/m0/s1. The summed E-state index contributed by atoms with van der Waals surface area (Å²) in [6, 6.07) is 32.5. The molecule has 0 aliphatic rings.